The number of aromatic hydroxyl groups is 3. The summed E-state index contributed by atoms with van der Waals surface area (Å²) in [6.45, 7) is 11.0. The lowest BCUT2D eigenvalue weighted by molar-refractivity contribution is 0.0681. The third-order valence-corrected chi connectivity index (χ3v) is 13.1. The van der Waals surface area contributed by atoms with Crippen LogP contribution < -0.4 is 27.3 Å². The standard InChI is InChI=1S/C55H42N18O18/c1-22-32(20-56)41(74)71(43(76)37(22)67-65-34-18-26(47(80)81)10-12-28(34)49(84)85)16-7-14-59-53-62-54(60-15-17-72-42(75)33(21-57)23(2)38(44(72)77)69-70-40-30(51(88)89)8-6-9-31(40)52(90)91)64-55(63-53)61-25(4)73-45(78)36(58-5)24(3)39(46(73)79)68-66-35-19-27(48(82)83)11-13-29(35)50(86)87/h6,8-13,18-19,76-77,79H,7,14-17H2,1-4H3,(H,80,81)(H,82,83)(H,84,85)(H,86,87)(H,88,89)(H,90,91)(H2,59,60,62,63,64). The molecule has 0 radical (unpaired) electrons. The molecule has 11 N–H and O–H groups in total. The van der Waals surface area contributed by atoms with E-state index in [-0.39, 0.29) is 41.2 Å². The number of rotatable bonds is 22. The summed E-state index contributed by atoms with van der Waals surface area (Å²) in [5.41, 5.74) is -11.8. The highest BCUT2D eigenvalue weighted by Gasteiger charge is 2.26. The molecule has 7 rings (SSSR count). The molecular weight excluding hydrogens is 1200 g/mol. The minimum Gasteiger partial charge on any atom is -0.493 e. The molecule has 460 valence electrons. The van der Waals surface area contributed by atoms with Gasteiger partial charge in [0.2, 0.25) is 29.5 Å². The van der Waals surface area contributed by atoms with Crippen molar-refractivity contribution < 1.29 is 74.7 Å². The summed E-state index contributed by atoms with van der Waals surface area (Å²) in [7, 11) is 0. The van der Waals surface area contributed by atoms with Gasteiger partial charge in [-0.05, 0) is 88.2 Å². The van der Waals surface area contributed by atoms with E-state index in [1.165, 1.54) is 20.8 Å². The average molecular weight is 1240 g/mol. The highest BCUT2D eigenvalue weighted by molar-refractivity contribution is 6.02. The zero-order chi connectivity index (χ0) is 66.9. The van der Waals surface area contributed by atoms with E-state index < -0.39 is 186 Å². The normalized spacial score (nSPS) is 11.3. The molecule has 0 saturated carbocycles. The molecular formula is C55H42N18O18. The molecule has 0 bridgehead atoms. The van der Waals surface area contributed by atoms with Gasteiger partial charge in [0, 0.05) is 37.3 Å². The number of nitriles is 2. The number of hydrogen-bond donors (Lipinski definition) is 11. The number of hydrogen-bond acceptors (Lipinski definition) is 26. The Hall–Kier alpha value is -13.7. The molecule has 36 nitrogen and oxygen atoms in total. The van der Waals surface area contributed by atoms with Crippen molar-refractivity contribution in [1.29, 1.82) is 10.5 Å². The maximum absolute atomic E-state index is 13.9. The molecule has 0 aliphatic carbocycles. The smallest absolute Gasteiger partial charge is 0.337 e. The van der Waals surface area contributed by atoms with Crippen LogP contribution in [-0.2, 0) is 13.1 Å². The predicted octanol–water partition coefficient (Wildman–Crippen LogP) is 7.34. The van der Waals surface area contributed by atoms with Crippen LogP contribution in [0.4, 0.5) is 57.7 Å². The van der Waals surface area contributed by atoms with Gasteiger partial charge in [-0.15, -0.1) is 30.7 Å². The fraction of sp³-hybridized carbons (Fsp3) is 0.164. The first-order chi connectivity index (χ1) is 43.1. The number of pyridine rings is 3. The van der Waals surface area contributed by atoms with Crippen LogP contribution in [0.25, 0.3) is 4.85 Å². The molecule has 3 aromatic carbocycles. The van der Waals surface area contributed by atoms with Crippen LogP contribution in [0.5, 0.6) is 17.6 Å². The van der Waals surface area contributed by atoms with E-state index in [1.54, 1.807) is 12.1 Å². The third-order valence-electron chi connectivity index (χ3n) is 13.1. The first-order valence-corrected chi connectivity index (χ1v) is 25.6. The maximum atomic E-state index is 13.9. The molecule has 0 amide bonds. The fourth-order valence-electron chi connectivity index (χ4n) is 8.47. The van der Waals surface area contributed by atoms with Gasteiger partial charge in [0.25, 0.3) is 28.3 Å². The second kappa shape index (κ2) is 27.1. The molecule has 4 heterocycles. The lowest BCUT2D eigenvalue weighted by Gasteiger charge is -2.15. The molecule has 36 heteroatoms. The Morgan fingerprint density at radius 3 is 1.42 bits per heavy atom. The number of aromatic nitrogens is 6. The molecule has 0 spiro atoms. The second-order valence-corrected chi connectivity index (χ2v) is 18.6. The third kappa shape index (κ3) is 13.5. The van der Waals surface area contributed by atoms with Crippen molar-refractivity contribution in [3.05, 3.63) is 158 Å². The van der Waals surface area contributed by atoms with Crippen LogP contribution in [0.15, 0.2) is 105 Å². The summed E-state index contributed by atoms with van der Waals surface area (Å²) < 4.78 is 1.86. The fourth-order valence-corrected chi connectivity index (χ4v) is 8.47. The molecule has 91 heavy (non-hydrogen) atoms. The van der Waals surface area contributed by atoms with Crippen molar-refractivity contribution in [1.82, 2.24) is 28.7 Å². The Kier molecular flexibility index (Phi) is 19.3. The van der Waals surface area contributed by atoms with Crippen molar-refractivity contribution >= 4 is 99.3 Å². The predicted molar refractivity (Wildman–Crippen MR) is 310 cm³/mol. The largest absolute Gasteiger partial charge is 0.493 e. The van der Waals surface area contributed by atoms with E-state index in [9.17, 15) is 99.6 Å². The van der Waals surface area contributed by atoms with Gasteiger partial charge < -0.3 is 56.6 Å². The second-order valence-electron chi connectivity index (χ2n) is 18.6. The number of benzene rings is 3. The van der Waals surface area contributed by atoms with Gasteiger partial charge in [-0.3, -0.25) is 23.5 Å². The lowest BCUT2D eigenvalue weighted by Crippen LogP contribution is -2.27. The number of aromatic carboxylic acids is 6. The Bertz CT molecular complexity index is 4720. The number of azo groups is 3. The van der Waals surface area contributed by atoms with Gasteiger partial charge in [0.05, 0.1) is 40.0 Å². The number of carbonyl (C=O) groups is 6. The van der Waals surface area contributed by atoms with Gasteiger partial charge in [0.1, 0.15) is 51.9 Å². The summed E-state index contributed by atoms with van der Waals surface area (Å²) in [5.74, 6) is -13.8. The van der Waals surface area contributed by atoms with Crippen molar-refractivity contribution in [3.63, 3.8) is 0 Å². The summed E-state index contributed by atoms with van der Waals surface area (Å²) in [5, 5.41) is 141. The minimum atomic E-state index is -1.59. The monoisotopic (exact) mass is 1240 g/mol. The Morgan fingerprint density at radius 2 is 0.978 bits per heavy atom. The molecule has 0 atom stereocenters. The zero-order valence-electron chi connectivity index (χ0n) is 47.1. The summed E-state index contributed by atoms with van der Waals surface area (Å²) in [6, 6.07) is 12.3. The first-order valence-electron chi connectivity index (χ1n) is 25.6. The molecule has 4 aromatic heterocycles. The van der Waals surface area contributed by atoms with Crippen LogP contribution >= 0.6 is 0 Å². The van der Waals surface area contributed by atoms with Gasteiger partial charge in [0.15, 0.2) is 11.4 Å². The van der Waals surface area contributed by atoms with Crippen molar-refractivity contribution in [3.8, 4) is 29.8 Å². The molecule has 0 aliphatic heterocycles. The zero-order valence-corrected chi connectivity index (χ0v) is 47.1. The molecule has 0 saturated heterocycles. The first kappa shape index (κ1) is 64.8. The van der Waals surface area contributed by atoms with Crippen LogP contribution in [0.1, 0.15) is 103 Å². The Balaban J connectivity index is 1.27. The van der Waals surface area contributed by atoms with Crippen molar-refractivity contribution in [2.24, 2.45) is 35.7 Å². The van der Waals surface area contributed by atoms with Crippen LogP contribution in [0.3, 0.4) is 0 Å². The van der Waals surface area contributed by atoms with Gasteiger partial charge in [-0.25, -0.2) is 38.2 Å². The molecule has 7 aromatic rings. The Morgan fingerprint density at radius 1 is 0.549 bits per heavy atom. The van der Waals surface area contributed by atoms with Gasteiger partial charge in [-0.2, -0.15) is 30.5 Å². The Labute approximate surface area is 506 Å². The number of nitrogens with zero attached hydrogens (tertiary/aromatic N) is 16. The van der Waals surface area contributed by atoms with E-state index in [1.807, 2.05) is 0 Å². The summed E-state index contributed by atoms with van der Waals surface area (Å²) in [6.07, 6.45) is -0.137. The number of carboxylic acids is 6. The highest BCUT2D eigenvalue weighted by Crippen LogP contribution is 2.38. The molecule has 0 aliphatic rings. The van der Waals surface area contributed by atoms with E-state index in [0.29, 0.717) is 9.13 Å². The average Bonchev–Trinajstić information content (AvgIpc) is 0.837. The van der Waals surface area contributed by atoms with Crippen molar-refractivity contribution in [2.75, 3.05) is 23.7 Å². The summed E-state index contributed by atoms with van der Waals surface area (Å²) in [4.78, 5) is 133. The van der Waals surface area contributed by atoms with Gasteiger partial charge in [-0.1, -0.05) is 6.07 Å². The van der Waals surface area contributed by atoms with Crippen molar-refractivity contribution in [2.45, 2.75) is 47.2 Å². The van der Waals surface area contributed by atoms with Crippen LogP contribution in [-0.4, -0.2) is 129 Å². The SMILES string of the molecule is [C-]#[N+]c1c(C)c(N=Nc2cc(C(=O)O)ccc2C(=O)O)c(O)n(C(C)=Nc2nc(NCCCn3c(O)c(N=Nc4cc(C(=O)O)ccc4C(=O)O)c(C)c(C#N)c3=O)nc(NCCn3c(O)c(N=Nc4c(C(=O)O)cccc4C(=O)O)c(C)c(C#N)c3=O)n2)c1=O. The topological polar surface area (TPSA) is 552 Å². The van der Waals surface area contributed by atoms with Gasteiger partial charge >= 0.3 is 35.8 Å². The van der Waals surface area contributed by atoms with Crippen LogP contribution in [0, 0.1) is 50.0 Å². The van der Waals surface area contributed by atoms with E-state index in [0.717, 1.165) is 66.1 Å². The minimum absolute atomic E-state index is 0.137. The number of aliphatic imine (C=N–C) groups is 1. The highest BCUT2D eigenvalue weighted by atomic mass is 16.4. The summed E-state index contributed by atoms with van der Waals surface area (Å²) >= 11 is 0. The number of anilines is 2. The molecule has 0 unspecified atom stereocenters. The number of carboxylic acid groups (broad SMARTS) is 6. The number of nitrogens with one attached hydrogen (secondary N) is 2. The van der Waals surface area contributed by atoms with Crippen LogP contribution in [0.2, 0.25) is 0 Å². The van der Waals surface area contributed by atoms with E-state index in [4.69, 9.17) is 6.57 Å². The van der Waals surface area contributed by atoms with E-state index in [2.05, 4.69) is 66.1 Å². The van der Waals surface area contributed by atoms with E-state index >= 15 is 0 Å². The maximum Gasteiger partial charge on any atom is 0.337 e. The quantitative estimate of drug-likeness (QED) is 0.0104. The lowest BCUT2D eigenvalue weighted by atomic mass is 10.1. The molecule has 0 fully saturated rings.